The van der Waals surface area contributed by atoms with Crippen LogP contribution in [-0.2, 0) is 11.3 Å². The van der Waals surface area contributed by atoms with Crippen molar-refractivity contribution in [2.45, 2.75) is 39.5 Å². The molecule has 4 rings (SSSR count). The number of guanidine groups is 1. The Morgan fingerprint density at radius 1 is 1.00 bits per heavy atom. The molecule has 1 aromatic heterocycles. The highest BCUT2D eigenvalue weighted by Crippen LogP contribution is 2.19. The first kappa shape index (κ1) is 25.6. The number of nitrogens with zero attached hydrogens (tertiary/aromatic N) is 5. The molecule has 0 spiro atoms. The maximum Gasteiger partial charge on any atom is 0.194 e. The lowest BCUT2D eigenvalue weighted by Gasteiger charge is -2.37. The third-order valence-corrected chi connectivity index (χ3v) is 6.00. The number of nitrogens with one attached hydrogen (secondary N) is 1. The maximum atomic E-state index is 5.84. The monoisotopic (exact) mass is 564 g/mol. The summed E-state index contributed by atoms with van der Waals surface area (Å²) in [4.78, 5) is 16.7. The van der Waals surface area contributed by atoms with E-state index >= 15 is 0 Å². The van der Waals surface area contributed by atoms with Gasteiger partial charge in [-0.2, -0.15) is 0 Å². The number of piperazine rings is 1. The Labute approximate surface area is 215 Å². The summed E-state index contributed by atoms with van der Waals surface area (Å²) in [6.07, 6.45) is 2.42. The first-order valence-electron chi connectivity index (χ1n) is 11.8. The van der Waals surface area contributed by atoms with Gasteiger partial charge in [0.2, 0.25) is 0 Å². The summed E-state index contributed by atoms with van der Waals surface area (Å²) in [5.41, 5.74) is 2.42. The number of anilines is 2. The van der Waals surface area contributed by atoms with Crippen LogP contribution in [0.3, 0.4) is 0 Å². The normalized spacial score (nSPS) is 21.5. The van der Waals surface area contributed by atoms with Gasteiger partial charge in [-0.05, 0) is 44.5 Å². The van der Waals surface area contributed by atoms with E-state index in [-0.39, 0.29) is 36.2 Å². The molecule has 2 aliphatic rings. The number of ether oxygens (including phenoxy) is 1. The summed E-state index contributed by atoms with van der Waals surface area (Å²) < 4.78 is 5.84. The predicted molar refractivity (Wildman–Crippen MR) is 147 cm³/mol. The molecule has 0 amide bonds. The van der Waals surface area contributed by atoms with Crippen molar-refractivity contribution in [2.75, 3.05) is 55.6 Å². The summed E-state index contributed by atoms with van der Waals surface area (Å²) in [6.45, 7) is 13.5. The van der Waals surface area contributed by atoms with Gasteiger partial charge in [0.05, 0.1) is 18.8 Å². The number of halogens is 1. The molecule has 1 aromatic carbocycles. The Bertz CT molecular complexity index is 860. The average molecular weight is 565 g/mol. The maximum absolute atomic E-state index is 5.84. The van der Waals surface area contributed by atoms with Gasteiger partial charge < -0.3 is 24.8 Å². The topological polar surface area (TPSA) is 56.2 Å². The third-order valence-electron chi connectivity index (χ3n) is 6.00. The van der Waals surface area contributed by atoms with Gasteiger partial charge >= 0.3 is 0 Å². The van der Waals surface area contributed by atoms with Crippen LogP contribution in [0.2, 0.25) is 0 Å². The fraction of sp³-hybridized carbons (Fsp3) is 0.520. The van der Waals surface area contributed by atoms with Gasteiger partial charge in [-0.15, -0.1) is 24.0 Å². The van der Waals surface area contributed by atoms with Crippen LogP contribution in [0, 0.1) is 0 Å². The zero-order valence-electron chi connectivity index (χ0n) is 20.0. The summed E-state index contributed by atoms with van der Waals surface area (Å²) >= 11 is 0. The first-order chi connectivity index (χ1) is 15.6. The van der Waals surface area contributed by atoms with Gasteiger partial charge in [-0.1, -0.05) is 24.3 Å². The van der Waals surface area contributed by atoms with Gasteiger partial charge in [0.25, 0.3) is 0 Å². The van der Waals surface area contributed by atoms with E-state index in [1.54, 1.807) is 0 Å². The lowest BCUT2D eigenvalue weighted by atomic mass is 10.2. The van der Waals surface area contributed by atoms with Crippen molar-refractivity contribution in [3.63, 3.8) is 0 Å². The fourth-order valence-corrected chi connectivity index (χ4v) is 4.47. The number of hydrogen-bond acceptors (Lipinski definition) is 5. The van der Waals surface area contributed by atoms with Crippen molar-refractivity contribution < 1.29 is 4.74 Å². The van der Waals surface area contributed by atoms with Gasteiger partial charge in [0.1, 0.15) is 5.82 Å². The molecule has 7 nitrogen and oxygen atoms in total. The van der Waals surface area contributed by atoms with Crippen LogP contribution < -0.4 is 15.1 Å². The van der Waals surface area contributed by atoms with Crippen LogP contribution in [0.4, 0.5) is 11.5 Å². The molecule has 2 saturated heterocycles. The van der Waals surface area contributed by atoms with Crippen molar-refractivity contribution in [3.8, 4) is 0 Å². The van der Waals surface area contributed by atoms with Crippen molar-refractivity contribution in [1.82, 2.24) is 15.2 Å². The molecule has 2 atom stereocenters. The van der Waals surface area contributed by atoms with Crippen LogP contribution in [0.25, 0.3) is 0 Å². The zero-order chi connectivity index (χ0) is 22.3. The second-order valence-corrected chi connectivity index (χ2v) is 8.67. The molecule has 0 aliphatic carbocycles. The summed E-state index contributed by atoms with van der Waals surface area (Å²) in [5.74, 6) is 2.00. The molecule has 0 bridgehead atoms. The van der Waals surface area contributed by atoms with Crippen molar-refractivity contribution >= 4 is 41.4 Å². The van der Waals surface area contributed by atoms with Crippen LogP contribution in [0.1, 0.15) is 26.3 Å². The minimum atomic E-state index is 0. The molecule has 2 aromatic rings. The summed E-state index contributed by atoms with van der Waals surface area (Å²) in [5, 5.41) is 3.46. The van der Waals surface area contributed by atoms with Gasteiger partial charge in [-0.25, -0.2) is 9.98 Å². The van der Waals surface area contributed by atoms with E-state index in [9.17, 15) is 0 Å². The largest absolute Gasteiger partial charge is 0.372 e. The molecule has 180 valence electrons. The number of pyridine rings is 1. The molecular formula is C25H37IN6O. The van der Waals surface area contributed by atoms with E-state index in [1.165, 1.54) is 5.69 Å². The van der Waals surface area contributed by atoms with Crippen LogP contribution in [-0.4, -0.2) is 73.9 Å². The van der Waals surface area contributed by atoms with E-state index in [1.807, 2.05) is 6.20 Å². The molecule has 2 unspecified atom stereocenters. The fourth-order valence-electron chi connectivity index (χ4n) is 4.47. The lowest BCUT2D eigenvalue weighted by molar-refractivity contribution is -0.00545. The minimum Gasteiger partial charge on any atom is -0.372 e. The summed E-state index contributed by atoms with van der Waals surface area (Å²) in [6, 6.07) is 14.9. The number of benzene rings is 1. The second kappa shape index (κ2) is 12.4. The molecule has 0 saturated carbocycles. The number of para-hydroxylation sites is 1. The molecular weight excluding hydrogens is 527 g/mol. The molecule has 2 aliphatic heterocycles. The Kier molecular flexibility index (Phi) is 9.61. The van der Waals surface area contributed by atoms with Gasteiger partial charge in [-0.3, -0.25) is 0 Å². The van der Waals surface area contributed by atoms with E-state index in [2.05, 4.69) is 83.3 Å². The molecule has 3 heterocycles. The van der Waals surface area contributed by atoms with Crippen LogP contribution in [0.15, 0.2) is 53.7 Å². The van der Waals surface area contributed by atoms with Crippen molar-refractivity contribution in [2.24, 2.45) is 4.99 Å². The molecule has 2 fully saturated rings. The van der Waals surface area contributed by atoms with Gasteiger partial charge in [0.15, 0.2) is 5.96 Å². The van der Waals surface area contributed by atoms with Crippen molar-refractivity contribution in [1.29, 1.82) is 0 Å². The van der Waals surface area contributed by atoms with Crippen LogP contribution in [0.5, 0.6) is 0 Å². The SMILES string of the molecule is CCNC(=NCc1ccc(N2CC(C)OC(C)C2)nc1)N1CCN(c2ccccc2)CC1.I. The van der Waals surface area contributed by atoms with E-state index in [0.717, 1.165) is 63.2 Å². The minimum absolute atomic E-state index is 0. The van der Waals surface area contributed by atoms with Crippen LogP contribution >= 0.6 is 24.0 Å². The third kappa shape index (κ3) is 6.96. The lowest BCUT2D eigenvalue weighted by Crippen LogP contribution is -2.52. The number of aliphatic imine (C=N–C) groups is 1. The highest BCUT2D eigenvalue weighted by molar-refractivity contribution is 14.0. The Balaban J connectivity index is 0.00000306. The second-order valence-electron chi connectivity index (χ2n) is 8.67. The highest BCUT2D eigenvalue weighted by Gasteiger charge is 2.23. The molecule has 0 radical (unpaired) electrons. The Morgan fingerprint density at radius 2 is 1.70 bits per heavy atom. The standard InChI is InChI=1S/C25H36N6O.HI/c1-4-26-25(30-14-12-29(13-15-30)23-8-6-5-7-9-23)28-17-22-10-11-24(27-16-22)31-18-20(2)32-21(3)19-31;/h5-11,16,20-21H,4,12-15,17-19H2,1-3H3,(H,26,28);1H. The molecule has 8 heteroatoms. The number of hydrogen-bond donors (Lipinski definition) is 1. The average Bonchev–Trinajstić information content (AvgIpc) is 2.82. The summed E-state index contributed by atoms with van der Waals surface area (Å²) in [7, 11) is 0. The number of rotatable bonds is 5. The smallest absolute Gasteiger partial charge is 0.194 e. The van der Waals surface area contributed by atoms with E-state index in [4.69, 9.17) is 14.7 Å². The van der Waals surface area contributed by atoms with Crippen molar-refractivity contribution in [3.05, 3.63) is 54.2 Å². The zero-order valence-corrected chi connectivity index (χ0v) is 22.3. The molecule has 1 N–H and O–H groups in total. The van der Waals surface area contributed by atoms with Gasteiger partial charge in [0, 0.05) is 57.7 Å². The quantitative estimate of drug-likeness (QED) is 0.341. The highest BCUT2D eigenvalue weighted by atomic mass is 127. The Morgan fingerprint density at radius 3 is 2.30 bits per heavy atom. The Hall–Kier alpha value is -2.07. The number of morpholine rings is 1. The predicted octanol–water partition coefficient (Wildman–Crippen LogP) is 3.60. The molecule has 33 heavy (non-hydrogen) atoms. The first-order valence-corrected chi connectivity index (χ1v) is 11.8. The van der Waals surface area contributed by atoms with E-state index < -0.39 is 0 Å². The van der Waals surface area contributed by atoms with E-state index in [0.29, 0.717) is 6.54 Å². The number of aromatic nitrogens is 1.